The van der Waals surface area contributed by atoms with E-state index in [1.54, 1.807) is 19.0 Å². The molecule has 0 bridgehead atoms. The summed E-state index contributed by atoms with van der Waals surface area (Å²) in [4.78, 5) is 15.4. The van der Waals surface area contributed by atoms with Crippen LogP contribution in [0.5, 0.6) is 0 Å². The minimum Gasteiger partial charge on any atom is -0.393 e. The number of nitrogens with zero attached hydrogens (tertiary/aromatic N) is 2. The summed E-state index contributed by atoms with van der Waals surface area (Å²) in [6.45, 7) is 8.75. The van der Waals surface area contributed by atoms with Crippen molar-refractivity contribution in [3.05, 3.63) is 0 Å². The molecule has 20 heavy (non-hydrogen) atoms. The number of nitrogens with one attached hydrogen (secondary N) is 1. The molecule has 0 aliphatic carbocycles. The Hall–Kier alpha value is -0.810. The van der Waals surface area contributed by atoms with E-state index >= 15 is 0 Å². The molecular formula is C15H31N3O2. The third-order valence-corrected chi connectivity index (χ3v) is 3.87. The zero-order chi connectivity index (χ0) is 15.3. The molecule has 5 nitrogen and oxygen atoms in total. The van der Waals surface area contributed by atoms with Gasteiger partial charge in [0.1, 0.15) is 0 Å². The first-order valence-corrected chi connectivity index (χ1v) is 7.59. The first-order chi connectivity index (χ1) is 9.21. The molecule has 0 aromatic heterocycles. The number of hydrogen-bond donors (Lipinski definition) is 2. The molecule has 1 saturated heterocycles. The predicted octanol–water partition coefficient (Wildman–Crippen LogP) is 1.52. The molecule has 1 unspecified atom stereocenters. The van der Waals surface area contributed by atoms with Crippen molar-refractivity contribution in [3.63, 3.8) is 0 Å². The number of urea groups is 1. The SMILES string of the molecule is CC(O)CC(C)(C)CNC1CCN(C(=O)N(C)C)CC1. The van der Waals surface area contributed by atoms with E-state index in [0.29, 0.717) is 6.04 Å². The van der Waals surface area contributed by atoms with Crippen LogP contribution in [-0.4, -0.2) is 66.8 Å². The standard InChI is InChI=1S/C15H31N3O2/c1-12(19)10-15(2,3)11-16-13-6-8-18(9-7-13)14(20)17(4)5/h12-13,16,19H,6-11H2,1-5H3. The molecule has 2 N–H and O–H groups in total. The van der Waals surface area contributed by atoms with Gasteiger partial charge in [0.05, 0.1) is 6.10 Å². The largest absolute Gasteiger partial charge is 0.393 e. The van der Waals surface area contributed by atoms with Crippen LogP contribution in [-0.2, 0) is 0 Å². The van der Waals surface area contributed by atoms with E-state index in [9.17, 15) is 9.90 Å². The molecule has 1 aliphatic heterocycles. The van der Waals surface area contributed by atoms with Crippen molar-refractivity contribution in [2.24, 2.45) is 5.41 Å². The van der Waals surface area contributed by atoms with Gasteiger partial charge in [-0.1, -0.05) is 13.8 Å². The first kappa shape index (κ1) is 17.2. The summed E-state index contributed by atoms with van der Waals surface area (Å²) in [7, 11) is 3.59. The number of rotatable bonds is 5. The van der Waals surface area contributed by atoms with Gasteiger partial charge in [0.15, 0.2) is 0 Å². The number of carbonyl (C=O) groups is 1. The molecule has 1 rings (SSSR count). The summed E-state index contributed by atoms with van der Waals surface area (Å²) in [6, 6.07) is 0.590. The second-order valence-electron chi connectivity index (χ2n) is 7.04. The van der Waals surface area contributed by atoms with Gasteiger partial charge in [-0.05, 0) is 31.6 Å². The molecule has 1 aliphatic rings. The highest BCUT2D eigenvalue weighted by atomic mass is 16.3. The van der Waals surface area contributed by atoms with Crippen LogP contribution in [0.4, 0.5) is 4.79 Å². The summed E-state index contributed by atoms with van der Waals surface area (Å²) >= 11 is 0. The third-order valence-electron chi connectivity index (χ3n) is 3.87. The molecular weight excluding hydrogens is 254 g/mol. The Morgan fingerprint density at radius 1 is 1.40 bits per heavy atom. The Kier molecular flexibility index (Phi) is 6.27. The number of likely N-dealkylation sites (tertiary alicyclic amines) is 1. The summed E-state index contributed by atoms with van der Waals surface area (Å²) in [5, 5.41) is 13.1. The molecule has 2 amide bonds. The molecule has 0 aromatic rings. The average Bonchev–Trinajstić information content (AvgIpc) is 2.34. The van der Waals surface area contributed by atoms with Crippen LogP contribution < -0.4 is 5.32 Å². The normalized spacial score (nSPS) is 19.0. The van der Waals surface area contributed by atoms with Crippen LogP contribution >= 0.6 is 0 Å². The summed E-state index contributed by atoms with van der Waals surface area (Å²) < 4.78 is 0. The van der Waals surface area contributed by atoms with Crippen molar-refractivity contribution in [1.29, 1.82) is 0 Å². The number of amides is 2. The van der Waals surface area contributed by atoms with Crippen LogP contribution in [0.1, 0.15) is 40.0 Å². The van der Waals surface area contributed by atoms with Crippen LogP contribution in [0.15, 0.2) is 0 Å². The lowest BCUT2D eigenvalue weighted by atomic mass is 9.86. The maximum absolute atomic E-state index is 11.8. The molecule has 0 spiro atoms. The fourth-order valence-electron chi connectivity index (χ4n) is 2.85. The number of carbonyl (C=O) groups excluding carboxylic acids is 1. The average molecular weight is 285 g/mol. The topological polar surface area (TPSA) is 55.8 Å². The lowest BCUT2D eigenvalue weighted by molar-refractivity contribution is 0.120. The maximum atomic E-state index is 11.8. The monoisotopic (exact) mass is 285 g/mol. The predicted molar refractivity (Wildman–Crippen MR) is 81.8 cm³/mol. The van der Waals surface area contributed by atoms with Crippen molar-refractivity contribution < 1.29 is 9.90 Å². The molecule has 5 heteroatoms. The second-order valence-corrected chi connectivity index (χ2v) is 7.04. The molecule has 0 aromatic carbocycles. The van der Waals surface area contributed by atoms with Gasteiger partial charge in [0.25, 0.3) is 0 Å². The van der Waals surface area contributed by atoms with Crippen LogP contribution in [0.3, 0.4) is 0 Å². The molecule has 0 radical (unpaired) electrons. The van der Waals surface area contributed by atoms with E-state index in [0.717, 1.165) is 38.9 Å². The smallest absolute Gasteiger partial charge is 0.319 e. The van der Waals surface area contributed by atoms with Crippen LogP contribution in [0.25, 0.3) is 0 Å². The number of aliphatic hydroxyl groups is 1. The lowest BCUT2D eigenvalue weighted by Crippen LogP contribution is -2.49. The zero-order valence-corrected chi connectivity index (χ0v) is 13.6. The molecule has 1 atom stereocenters. The van der Waals surface area contributed by atoms with E-state index in [-0.39, 0.29) is 17.6 Å². The molecule has 118 valence electrons. The van der Waals surface area contributed by atoms with Gasteiger partial charge in [0, 0.05) is 39.8 Å². The van der Waals surface area contributed by atoms with Crippen molar-refractivity contribution in [1.82, 2.24) is 15.1 Å². The van der Waals surface area contributed by atoms with Gasteiger partial charge < -0.3 is 20.2 Å². The Bertz CT molecular complexity index is 308. The Labute approximate surface area is 123 Å². The van der Waals surface area contributed by atoms with Gasteiger partial charge in [-0.25, -0.2) is 4.79 Å². The minimum absolute atomic E-state index is 0.102. The number of piperidine rings is 1. The molecule has 0 saturated carbocycles. The highest BCUT2D eigenvalue weighted by molar-refractivity contribution is 5.73. The summed E-state index contributed by atoms with van der Waals surface area (Å²) in [5.41, 5.74) is 0.102. The lowest BCUT2D eigenvalue weighted by Gasteiger charge is -2.36. The van der Waals surface area contributed by atoms with Gasteiger partial charge in [-0.15, -0.1) is 0 Å². The van der Waals surface area contributed by atoms with E-state index < -0.39 is 0 Å². The van der Waals surface area contributed by atoms with Gasteiger partial charge in [-0.2, -0.15) is 0 Å². The number of aliphatic hydroxyl groups excluding tert-OH is 1. The van der Waals surface area contributed by atoms with Crippen molar-refractivity contribution in [2.45, 2.75) is 52.2 Å². The van der Waals surface area contributed by atoms with E-state index in [4.69, 9.17) is 0 Å². The Morgan fingerprint density at radius 2 is 1.95 bits per heavy atom. The highest BCUT2D eigenvalue weighted by Crippen LogP contribution is 2.22. The van der Waals surface area contributed by atoms with Gasteiger partial charge in [0.2, 0.25) is 0 Å². The van der Waals surface area contributed by atoms with Gasteiger partial charge in [-0.3, -0.25) is 0 Å². The minimum atomic E-state index is -0.258. The van der Waals surface area contributed by atoms with E-state index in [2.05, 4.69) is 19.2 Å². The first-order valence-electron chi connectivity index (χ1n) is 7.59. The fourth-order valence-corrected chi connectivity index (χ4v) is 2.85. The van der Waals surface area contributed by atoms with Crippen molar-refractivity contribution >= 4 is 6.03 Å². The fraction of sp³-hybridized carbons (Fsp3) is 0.933. The highest BCUT2D eigenvalue weighted by Gasteiger charge is 2.26. The van der Waals surface area contributed by atoms with E-state index in [1.165, 1.54) is 0 Å². The third kappa shape index (κ3) is 5.67. The quantitative estimate of drug-likeness (QED) is 0.805. The number of hydrogen-bond acceptors (Lipinski definition) is 3. The Balaban J connectivity index is 2.31. The van der Waals surface area contributed by atoms with Crippen LogP contribution in [0, 0.1) is 5.41 Å². The van der Waals surface area contributed by atoms with E-state index in [1.807, 2.05) is 11.8 Å². The Morgan fingerprint density at radius 3 is 2.40 bits per heavy atom. The second kappa shape index (κ2) is 7.27. The summed E-state index contributed by atoms with van der Waals surface area (Å²) in [6.07, 6.45) is 2.55. The molecule has 1 fully saturated rings. The molecule has 1 heterocycles. The van der Waals surface area contributed by atoms with Gasteiger partial charge >= 0.3 is 6.03 Å². The summed E-state index contributed by atoms with van der Waals surface area (Å²) in [5.74, 6) is 0. The zero-order valence-electron chi connectivity index (χ0n) is 13.6. The van der Waals surface area contributed by atoms with Crippen molar-refractivity contribution in [2.75, 3.05) is 33.7 Å². The van der Waals surface area contributed by atoms with Crippen molar-refractivity contribution in [3.8, 4) is 0 Å². The maximum Gasteiger partial charge on any atom is 0.319 e. The van der Waals surface area contributed by atoms with Crippen LogP contribution in [0.2, 0.25) is 0 Å².